The summed E-state index contributed by atoms with van der Waals surface area (Å²) in [6.07, 6.45) is -5.17. The van der Waals surface area contributed by atoms with E-state index in [2.05, 4.69) is 0 Å². The minimum absolute atomic E-state index is 0.169. The van der Waals surface area contributed by atoms with Gasteiger partial charge in [-0.2, -0.15) is 13.2 Å². The van der Waals surface area contributed by atoms with E-state index in [9.17, 15) is 18.3 Å². The number of alkyl halides is 3. The maximum absolute atomic E-state index is 12.1. The number of benzene rings is 1. The second-order valence-corrected chi connectivity index (χ2v) is 4.05. The largest absolute Gasteiger partial charge is 0.393 e. The molecular weight excluding hydrogens is 205 g/mol. The summed E-state index contributed by atoms with van der Waals surface area (Å²) in [6, 6.07) is 5.92. The van der Waals surface area contributed by atoms with E-state index in [1.165, 1.54) is 18.2 Å². The SMILES string of the molecule is CC(C)(O)c1cccc(CC(F)(F)F)c1. The van der Waals surface area contributed by atoms with Gasteiger partial charge in [0.25, 0.3) is 0 Å². The first-order valence-corrected chi connectivity index (χ1v) is 4.57. The van der Waals surface area contributed by atoms with E-state index in [4.69, 9.17) is 0 Å². The first-order valence-electron chi connectivity index (χ1n) is 4.57. The van der Waals surface area contributed by atoms with Crippen molar-refractivity contribution in [1.29, 1.82) is 0 Å². The van der Waals surface area contributed by atoms with E-state index in [0.717, 1.165) is 0 Å². The molecular formula is C11H13F3O. The van der Waals surface area contributed by atoms with Crippen LogP contribution in [0.5, 0.6) is 0 Å². The highest BCUT2D eigenvalue weighted by atomic mass is 19.4. The van der Waals surface area contributed by atoms with Gasteiger partial charge in [0.1, 0.15) is 0 Å². The topological polar surface area (TPSA) is 20.2 Å². The fourth-order valence-electron chi connectivity index (χ4n) is 1.29. The number of hydrogen-bond donors (Lipinski definition) is 1. The molecule has 1 rings (SSSR count). The van der Waals surface area contributed by atoms with Crippen LogP contribution in [0.25, 0.3) is 0 Å². The Hall–Kier alpha value is -1.03. The van der Waals surface area contributed by atoms with Crippen LogP contribution in [0, 0.1) is 0 Å². The predicted octanol–water partition coefficient (Wildman–Crippen LogP) is 3.02. The van der Waals surface area contributed by atoms with Gasteiger partial charge < -0.3 is 5.11 Å². The van der Waals surface area contributed by atoms with E-state index < -0.39 is 18.2 Å². The van der Waals surface area contributed by atoms with Crippen LogP contribution >= 0.6 is 0 Å². The third kappa shape index (κ3) is 3.91. The average Bonchev–Trinajstić information content (AvgIpc) is 1.99. The summed E-state index contributed by atoms with van der Waals surface area (Å²) < 4.78 is 36.3. The molecule has 0 amide bonds. The maximum Gasteiger partial charge on any atom is 0.393 e. The van der Waals surface area contributed by atoms with E-state index in [0.29, 0.717) is 5.56 Å². The molecule has 0 bridgehead atoms. The smallest absolute Gasteiger partial charge is 0.386 e. The lowest BCUT2D eigenvalue weighted by atomic mass is 9.96. The Kier molecular flexibility index (Phi) is 3.09. The second-order valence-electron chi connectivity index (χ2n) is 4.05. The van der Waals surface area contributed by atoms with Crippen LogP contribution in [0.3, 0.4) is 0 Å². The molecule has 0 radical (unpaired) electrons. The lowest BCUT2D eigenvalue weighted by molar-refractivity contribution is -0.127. The minimum Gasteiger partial charge on any atom is -0.386 e. The van der Waals surface area contributed by atoms with E-state index in [1.54, 1.807) is 19.9 Å². The molecule has 0 spiro atoms. The Morgan fingerprint density at radius 3 is 2.27 bits per heavy atom. The Balaban J connectivity index is 2.94. The normalized spacial score (nSPS) is 12.9. The summed E-state index contributed by atoms with van der Waals surface area (Å²) in [5.41, 5.74) is -0.451. The third-order valence-corrected chi connectivity index (χ3v) is 2.04. The molecule has 0 fully saturated rings. The van der Waals surface area contributed by atoms with Crippen molar-refractivity contribution in [3.05, 3.63) is 35.4 Å². The van der Waals surface area contributed by atoms with Crippen LogP contribution in [0.2, 0.25) is 0 Å². The highest BCUT2D eigenvalue weighted by molar-refractivity contribution is 5.27. The van der Waals surface area contributed by atoms with Gasteiger partial charge in [-0.25, -0.2) is 0 Å². The lowest BCUT2D eigenvalue weighted by Crippen LogP contribution is -2.17. The number of rotatable bonds is 2. The summed E-state index contributed by atoms with van der Waals surface area (Å²) in [5.74, 6) is 0. The zero-order valence-electron chi connectivity index (χ0n) is 8.60. The fraction of sp³-hybridized carbons (Fsp3) is 0.455. The first-order chi connectivity index (χ1) is 6.68. The Morgan fingerprint density at radius 2 is 1.80 bits per heavy atom. The van der Waals surface area contributed by atoms with Crippen LogP contribution in [-0.4, -0.2) is 11.3 Å². The van der Waals surface area contributed by atoms with Gasteiger partial charge in [-0.15, -0.1) is 0 Å². The van der Waals surface area contributed by atoms with Crippen LogP contribution in [0.15, 0.2) is 24.3 Å². The molecule has 0 saturated heterocycles. The van der Waals surface area contributed by atoms with Crippen LogP contribution < -0.4 is 0 Å². The van der Waals surface area contributed by atoms with Gasteiger partial charge in [-0.3, -0.25) is 0 Å². The maximum atomic E-state index is 12.1. The van der Waals surface area contributed by atoms with E-state index in [1.807, 2.05) is 0 Å². The monoisotopic (exact) mass is 218 g/mol. The van der Waals surface area contributed by atoms with Gasteiger partial charge in [0.15, 0.2) is 0 Å². The molecule has 0 atom stereocenters. The van der Waals surface area contributed by atoms with Crippen molar-refractivity contribution in [3.63, 3.8) is 0 Å². The molecule has 0 aromatic heterocycles. The molecule has 0 unspecified atom stereocenters. The Labute approximate surface area is 86.5 Å². The highest BCUT2D eigenvalue weighted by Crippen LogP contribution is 2.25. The number of hydrogen-bond acceptors (Lipinski definition) is 1. The summed E-state index contributed by atoms with van der Waals surface area (Å²) in [6.45, 7) is 3.08. The molecule has 4 heteroatoms. The zero-order chi connectivity index (χ0) is 11.7. The quantitative estimate of drug-likeness (QED) is 0.809. The summed E-state index contributed by atoms with van der Waals surface area (Å²) in [4.78, 5) is 0. The van der Waals surface area contributed by atoms with Crippen molar-refractivity contribution < 1.29 is 18.3 Å². The van der Waals surface area contributed by atoms with Crippen LogP contribution in [0.1, 0.15) is 25.0 Å². The van der Waals surface area contributed by atoms with Gasteiger partial charge in [0.2, 0.25) is 0 Å². The number of halogens is 3. The molecule has 0 aliphatic rings. The molecule has 0 heterocycles. The van der Waals surface area contributed by atoms with Crippen molar-refractivity contribution in [3.8, 4) is 0 Å². The van der Waals surface area contributed by atoms with Crippen molar-refractivity contribution in [2.45, 2.75) is 32.0 Å². The summed E-state index contributed by atoms with van der Waals surface area (Å²) in [7, 11) is 0. The predicted molar refractivity (Wildman–Crippen MR) is 51.4 cm³/mol. The highest BCUT2D eigenvalue weighted by Gasteiger charge is 2.28. The molecule has 0 aliphatic carbocycles. The van der Waals surface area contributed by atoms with Crippen LogP contribution in [0.4, 0.5) is 13.2 Å². The van der Waals surface area contributed by atoms with Gasteiger partial charge >= 0.3 is 6.18 Å². The average molecular weight is 218 g/mol. The van der Waals surface area contributed by atoms with Gasteiger partial charge in [-0.05, 0) is 25.0 Å². The van der Waals surface area contributed by atoms with Gasteiger partial charge in [0, 0.05) is 0 Å². The van der Waals surface area contributed by atoms with Crippen molar-refractivity contribution >= 4 is 0 Å². The van der Waals surface area contributed by atoms with Gasteiger partial charge in [-0.1, -0.05) is 24.3 Å². The summed E-state index contributed by atoms with van der Waals surface area (Å²) in [5, 5.41) is 9.63. The molecule has 1 aromatic carbocycles. The number of aliphatic hydroxyl groups is 1. The lowest BCUT2D eigenvalue weighted by Gasteiger charge is -2.18. The molecule has 1 nitrogen and oxygen atoms in total. The zero-order valence-corrected chi connectivity index (χ0v) is 8.60. The summed E-state index contributed by atoms with van der Waals surface area (Å²) >= 11 is 0. The molecule has 1 N–H and O–H groups in total. The second kappa shape index (κ2) is 3.85. The van der Waals surface area contributed by atoms with E-state index in [-0.39, 0.29) is 5.56 Å². The van der Waals surface area contributed by atoms with Crippen molar-refractivity contribution in [2.75, 3.05) is 0 Å². The van der Waals surface area contributed by atoms with Gasteiger partial charge in [0.05, 0.1) is 12.0 Å². The molecule has 1 aromatic rings. The van der Waals surface area contributed by atoms with Crippen molar-refractivity contribution in [2.24, 2.45) is 0 Å². The molecule has 0 aliphatic heterocycles. The fourth-order valence-corrected chi connectivity index (χ4v) is 1.29. The molecule has 84 valence electrons. The third-order valence-electron chi connectivity index (χ3n) is 2.04. The Morgan fingerprint density at radius 1 is 1.20 bits per heavy atom. The molecule has 0 saturated carbocycles. The Bertz CT molecular complexity index is 336. The van der Waals surface area contributed by atoms with Crippen LogP contribution in [-0.2, 0) is 12.0 Å². The molecule has 15 heavy (non-hydrogen) atoms. The minimum atomic E-state index is -4.21. The first kappa shape index (κ1) is 12.0. The standard InChI is InChI=1S/C11H13F3O/c1-10(2,15)9-5-3-4-8(6-9)7-11(12,13)14/h3-6,15H,7H2,1-2H3. The van der Waals surface area contributed by atoms with Crippen molar-refractivity contribution in [1.82, 2.24) is 0 Å². The van der Waals surface area contributed by atoms with E-state index >= 15 is 0 Å².